The van der Waals surface area contributed by atoms with Crippen LogP contribution in [-0.2, 0) is 19.2 Å². The Morgan fingerprint density at radius 2 is 1.77 bits per heavy atom. The van der Waals surface area contributed by atoms with Crippen molar-refractivity contribution in [2.24, 2.45) is 11.7 Å². The first-order valence-electron chi connectivity index (χ1n) is 8.61. The van der Waals surface area contributed by atoms with Gasteiger partial charge in [0.25, 0.3) is 0 Å². The highest BCUT2D eigenvalue weighted by atomic mass is 16.4. The third-order valence-corrected chi connectivity index (χ3v) is 4.32. The van der Waals surface area contributed by atoms with Gasteiger partial charge in [0.15, 0.2) is 0 Å². The summed E-state index contributed by atoms with van der Waals surface area (Å²) in [4.78, 5) is 49.3. The maximum atomic E-state index is 12.8. The summed E-state index contributed by atoms with van der Waals surface area (Å²) in [7, 11) is 0. The third-order valence-electron chi connectivity index (χ3n) is 4.32. The van der Waals surface area contributed by atoms with Crippen molar-refractivity contribution in [3.05, 3.63) is 0 Å². The second-order valence-electron chi connectivity index (χ2n) is 6.75. The molecule has 0 bridgehead atoms. The molecule has 0 spiro atoms. The van der Waals surface area contributed by atoms with E-state index in [0.29, 0.717) is 19.4 Å². The summed E-state index contributed by atoms with van der Waals surface area (Å²) in [6, 6.07) is -3.16. The molecule has 26 heavy (non-hydrogen) atoms. The zero-order valence-electron chi connectivity index (χ0n) is 15.3. The number of nitrogens with zero attached hydrogens (tertiary/aromatic N) is 1. The number of likely N-dealkylation sites (tertiary alicyclic amines) is 1. The van der Waals surface area contributed by atoms with E-state index in [4.69, 9.17) is 5.73 Å². The van der Waals surface area contributed by atoms with Crippen molar-refractivity contribution < 1.29 is 29.4 Å². The van der Waals surface area contributed by atoms with Gasteiger partial charge in [-0.1, -0.05) is 13.8 Å². The van der Waals surface area contributed by atoms with Crippen LogP contribution in [-0.4, -0.2) is 76.1 Å². The minimum atomic E-state index is -1.27. The van der Waals surface area contributed by atoms with Crippen molar-refractivity contribution in [3.63, 3.8) is 0 Å². The van der Waals surface area contributed by atoms with Gasteiger partial charge in [0.2, 0.25) is 17.7 Å². The summed E-state index contributed by atoms with van der Waals surface area (Å²) < 4.78 is 0. The molecule has 4 unspecified atom stereocenters. The minimum Gasteiger partial charge on any atom is -0.480 e. The quantitative estimate of drug-likeness (QED) is 0.330. The van der Waals surface area contributed by atoms with Crippen LogP contribution in [0.5, 0.6) is 0 Å². The van der Waals surface area contributed by atoms with Crippen molar-refractivity contribution in [1.29, 1.82) is 0 Å². The SMILES string of the molecule is CC(C)C(NC(=O)C(NC(=O)CN)C(C)O)C(=O)N1CCCC1C(=O)O. The lowest BCUT2D eigenvalue weighted by atomic mass is 10.0. The second kappa shape index (κ2) is 9.48. The number of nitrogens with two attached hydrogens (primary N) is 1. The number of carbonyl (C=O) groups excluding carboxylic acids is 3. The van der Waals surface area contributed by atoms with Gasteiger partial charge in [-0.25, -0.2) is 4.79 Å². The standard InChI is InChI=1S/C16H28N4O6/c1-8(2)12(15(24)20-6-4-5-10(20)16(25)26)19-14(23)13(9(3)21)18-11(22)7-17/h8-10,12-13,21H,4-7,17H2,1-3H3,(H,18,22)(H,19,23)(H,25,26). The van der Waals surface area contributed by atoms with Gasteiger partial charge in [-0.15, -0.1) is 0 Å². The number of amides is 3. The van der Waals surface area contributed by atoms with Crippen LogP contribution in [0, 0.1) is 5.92 Å². The van der Waals surface area contributed by atoms with Crippen LogP contribution in [0.15, 0.2) is 0 Å². The molecule has 1 fully saturated rings. The molecule has 1 rings (SSSR count). The van der Waals surface area contributed by atoms with E-state index < -0.39 is 47.9 Å². The Morgan fingerprint density at radius 3 is 2.23 bits per heavy atom. The lowest BCUT2D eigenvalue weighted by Gasteiger charge is -2.31. The van der Waals surface area contributed by atoms with Crippen molar-refractivity contribution in [2.75, 3.05) is 13.1 Å². The lowest BCUT2D eigenvalue weighted by molar-refractivity contribution is -0.150. The van der Waals surface area contributed by atoms with Gasteiger partial charge < -0.3 is 31.5 Å². The first-order chi connectivity index (χ1) is 12.1. The highest BCUT2D eigenvalue weighted by molar-refractivity contribution is 5.94. The number of carboxylic acids is 1. The molecule has 10 heteroatoms. The van der Waals surface area contributed by atoms with Crippen LogP contribution in [0.2, 0.25) is 0 Å². The monoisotopic (exact) mass is 372 g/mol. The Labute approximate surface area is 152 Å². The third kappa shape index (κ3) is 5.40. The molecule has 1 heterocycles. The number of carbonyl (C=O) groups is 4. The average molecular weight is 372 g/mol. The summed E-state index contributed by atoms with van der Waals surface area (Å²) in [5.74, 6) is -3.25. The van der Waals surface area contributed by atoms with Gasteiger partial charge in [-0.3, -0.25) is 14.4 Å². The number of carboxylic acid groups (broad SMARTS) is 1. The van der Waals surface area contributed by atoms with Crippen LogP contribution in [0.1, 0.15) is 33.6 Å². The number of aliphatic hydroxyl groups is 1. The smallest absolute Gasteiger partial charge is 0.326 e. The molecule has 148 valence electrons. The van der Waals surface area contributed by atoms with E-state index in [-0.39, 0.29) is 12.5 Å². The Kier molecular flexibility index (Phi) is 7.97. The largest absolute Gasteiger partial charge is 0.480 e. The van der Waals surface area contributed by atoms with E-state index >= 15 is 0 Å². The molecule has 0 aromatic carbocycles. The van der Waals surface area contributed by atoms with E-state index in [0.717, 1.165) is 0 Å². The fourth-order valence-electron chi connectivity index (χ4n) is 2.86. The van der Waals surface area contributed by atoms with Crippen molar-refractivity contribution in [3.8, 4) is 0 Å². The number of rotatable bonds is 8. The van der Waals surface area contributed by atoms with Crippen molar-refractivity contribution in [1.82, 2.24) is 15.5 Å². The molecule has 1 aliphatic heterocycles. The Balaban J connectivity index is 2.92. The lowest BCUT2D eigenvalue weighted by Crippen LogP contribution is -2.60. The van der Waals surface area contributed by atoms with Gasteiger partial charge in [0, 0.05) is 6.54 Å². The van der Waals surface area contributed by atoms with E-state index in [1.165, 1.54) is 11.8 Å². The van der Waals surface area contributed by atoms with E-state index in [1.54, 1.807) is 13.8 Å². The molecule has 3 amide bonds. The molecule has 1 saturated heterocycles. The summed E-state index contributed by atoms with van der Waals surface area (Å²) in [6.45, 7) is 4.71. The van der Waals surface area contributed by atoms with Crippen LogP contribution in [0.25, 0.3) is 0 Å². The van der Waals surface area contributed by atoms with Gasteiger partial charge in [-0.05, 0) is 25.7 Å². The van der Waals surface area contributed by atoms with Gasteiger partial charge >= 0.3 is 5.97 Å². The molecule has 1 aliphatic rings. The molecule has 6 N–H and O–H groups in total. The molecule has 4 atom stereocenters. The number of hydrogen-bond donors (Lipinski definition) is 5. The van der Waals surface area contributed by atoms with Crippen LogP contribution in [0.3, 0.4) is 0 Å². The number of nitrogens with one attached hydrogen (secondary N) is 2. The van der Waals surface area contributed by atoms with Crippen molar-refractivity contribution >= 4 is 23.7 Å². The summed E-state index contributed by atoms with van der Waals surface area (Å²) in [5, 5.41) is 23.8. The Bertz CT molecular complexity index is 551. The van der Waals surface area contributed by atoms with Gasteiger partial charge in [0.05, 0.1) is 12.6 Å². The zero-order valence-corrected chi connectivity index (χ0v) is 15.3. The minimum absolute atomic E-state index is 0.304. The molecule has 0 radical (unpaired) electrons. The molecule has 0 aliphatic carbocycles. The predicted octanol–water partition coefficient (Wildman–Crippen LogP) is -1.97. The first-order valence-corrected chi connectivity index (χ1v) is 8.61. The number of aliphatic hydroxyl groups excluding tert-OH is 1. The normalized spacial score (nSPS) is 20.4. The number of aliphatic carboxylic acids is 1. The highest BCUT2D eigenvalue weighted by Gasteiger charge is 2.39. The summed E-state index contributed by atoms with van der Waals surface area (Å²) in [6.07, 6.45) is -0.264. The first kappa shape index (κ1) is 21.8. The fourth-order valence-corrected chi connectivity index (χ4v) is 2.86. The van der Waals surface area contributed by atoms with Gasteiger partial charge in [0.1, 0.15) is 18.1 Å². The summed E-state index contributed by atoms with van der Waals surface area (Å²) in [5.41, 5.74) is 5.20. The molecular weight excluding hydrogens is 344 g/mol. The maximum absolute atomic E-state index is 12.8. The maximum Gasteiger partial charge on any atom is 0.326 e. The molecular formula is C16H28N4O6. The predicted molar refractivity (Wildman–Crippen MR) is 91.8 cm³/mol. The average Bonchev–Trinajstić information content (AvgIpc) is 3.05. The topological polar surface area (TPSA) is 162 Å². The molecule has 0 aromatic rings. The Morgan fingerprint density at radius 1 is 1.15 bits per heavy atom. The fraction of sp³-hybridized carbons (Fsp3) is 0.750. The van der Waals surface area contributed by atoms with Crippen molar-refractivity contribution in [2.45, 2.75) is 57.8 Å². The molecule has 0 saturated carbocycles. The zero-order chi connectivity index (χ0) is 20.0. The van der Waals surface area contributed by atoms with Crippen LogP contribution >= 0.6 is 0 Å². The van der Waals surface area contributed by atoms with E-state index in [9.17, 15) is 29.4 Å². The van der Waals surface area contributed by atoms with E-state index in [2.05, 4.69) is 10.6 Å². The van der Waals surface area contributed by atoms with Gasteiger partial charge in [-0.2, -0.15) is 0 Å². The van der Waals surface area contributed by atoms with Crippen LogP contribution < -0.4 is 16.4 Å². The highest BCUT2D eigenvalue weighted by Crippen LogP contribution is 2.20. The van der Waals surface area contributed by atoms with E-state index in [1.807, 2.05) is 0 Å². The second-order valence-corrected chi connectivity index (χ2v) is 6.75. The Hall–Kier alpha value is -2.20. The summed E-state index contributed by atoms with van der Waals surface area (Å²) >= 11 is 0. The molecule has 10 nitrogen and oxygen atoms in total. The van der Waals surface area contributed by atoms with Crippen LogP contribution in [0.4, 0.5) is 0 Å². The number of hydrogen-bond acceptors (Lipinski definition) is 6. The molecule has 0 aromatic heterocycles.